The van der Waals surface area contributed by atoms with Crippen LogP contribution in [0.3, 0.4) is 0 Å². The molecule has 0 aliphatic heterocycles. The largest absolute Gasteiger partial charge is 0.488 e. The highest BCUT2D eigenvalue weighted by Gasteiger charge is 2.14. The van der Waals surface area contributed by atoms with Crippen LogP contribution in [-0.4, -0.2) is 41.8 Å². The Kier molecular flexibility index (Phi) is 7.35. The van der Waals surface area contributed by atoms with Crippen LogP contribution < -0.4 is 14.8 Å². The Hall–Kier alpha value is -3.98. The fourth-order valence-electron chi connectivity index (χ4n) is 2.78. The minimum absolute atomic E-state index is 0.00342. The standard InChI is InChI=1S/C23H21FN2O6/c1-14(13-30-2)31-19-8-16(9-20(11-19)32-18-5-3-4-17(24)10-18)22(27)26-21-7-6-15(12-25-21)23(28)29/h3-12,14H,13H2,1-2H3,(H,28,29)(H,25,26,27)/t14-/m0/s1. The van der Waals surface area contributed by atoms with E-state index in [9.17, 15) is 14.0 Å². The van der Waals surface area contributed by atoms with Gasteiger partial charge in [-0.1, -0.05) is 6.07 Å². The summed E-state index contributed by atoms with van der Waals surface area (Å²) in [6.45, 7) is 2.13. The van der Waals surface area contributed by atoms with Crippen molar-refractivity contribution in [3.63, 3.8) is 0 Å². The maximum atomic E-state index is 13.5. The van der Waals surface area contributed by atoms with Crippen molar-refractivity contribution in [1.82, 2.24) is 4.98 Å². The van der Waals surface area contributed by atoms with E-state index in [0.717, 1.165) is 6.20 Å². The lowest BCUT2D eigenvalue weighted by molar-refractivity contribution is 0.0696. The molecular formula is C23H21FN2O6. The molecule has 0 saturated carbocycles. The third-order valence-corrected chi connectivity index (χ3v) is 4.16. The predicted molar refractivity (Wildman–Crippen MR) is 114 cm³/mol. The predicted octanol–water partition coefficient (Wildman–Crippen LogP) is 4.38. The van der Waals surface area contributed by atoms with Crippen molar-refractivity contribution < 1.29 is 33.3 Å². The van der Waals surface area contributed by atoms with Crippen LogP contribution in [0, 0.1) is 5.82 Å². The molecule has 1 heterocycles. The fraction of sp³-hybridized carbons (Fsp3) is 0.174. The van der Waals surface area contributed by atoms with Gasteiger partial charge in [0.25, 0.3) is 5.91 Å². The number of nitrogens with one attached hydrogen (secondary N) is 1. The highest BCUT2D eigenvalue weighted by atomic mass is 19.1. The molecule has 1 atom stereocenters. The molecule has 3 rings (SSSR count). The van der Waals surface area contributed by atoms with Crippen LogP contribution in [-0.2, 0) is 4.74 Å². The van der Waals surface area contributed by atoms with Gasteiger partial charge in [-0.05, 0) is 43.3 Å². The first kappa shape index (κ1) is 22.7. The van der Waals surface area contributed by atoms with E-state index in [4.69, 9.17) is 19.3 Å². The van der Waals surface area contributed by atoms with Crippen LogP contribution in [0.4, 0.5) is 10.2 Å². The number of carboxylic acid groups (broad SMARTS) is 1. The number of ether oxygens (including phenoxy) is 3. The van der Waals surface area contributed by atoms with E-state index < -0.39 is 17.7 Å². The summed E-state index contributed by atoms with van der Waals surface area (Å²) in [4.78, 5) is 27.7. The molecule has 8 nitrogen and oxygen atoms in total. The molecule has 1 amide bonds. The molecule has 2 N–H and O–H groups in total. The van der Waals surface area contributed by atoms with Crippen LogP contribution >= 0.6 is 0 Å². The number of halogens is 1. The van der Waals surface area contributed by atoms with Gasteiger partial charge >= 0.3 is 5.97 Å². The number of carbonyl (C=O) groups excluding carboxylic acids is 1. The van der Waals surface area contributed by atoms with Crippen LogP contribution in [0.5, 0.6) is 17.2 Å². The SMILES string of the molecule is COC[C@H](C)Oc1cc(Oc2cccc(F)c2)cc(C(=O)Nc2ccc(C(=O)O)cn2)c1. The highest BCUT2D eigenvalue weighted by molar-refractivity contribution is 6.04. The van der Waals surface area contributed by atoms with Gasteiger partial charge in [-0.2, -0.15) is 0 Å². The van der Waals surface area contributed by atoms with E-state index in [1.807, 2.05) is 0 Å². The molecule has 166 valence electrons. The van der Waals surface area contributed by atoms with Crippen molar-refractivity contribution in [3.8, 4) is 17.2 Å². The molecule has 0 unspecified atom stereocenters. The third-order valence-electron chi connectivity index (χ3n) is 4.16. The lowest BCUT2D eigenvalue weighted by Gasteiger charge is -2.16. The molecule has 2 aromatic carbocycles. The summed E-state index contributed by atoms with van der Waals surface area (Å²) in [6.07, 6.45) is 0.841. The van der Waals surface area contributed by atoms with E-state index in [1.165, 1.54) is 42.5 Å². The van der Waals surface area contributed by atoms with Crippen molar-refractivity contribution in [3.05, 3.63) is 77.7 Å². The number of hydrogen-bond acceptors (Lipinski definition) is 6. The Morgan fingerprint density at radius 2 is 1.84 bits per heavy atom. The number of carbonyl (C=O) groups is 2. The zero-order valence-corrected chi connectivity index (χ0v) is 17.4. The first-order chi connectivity index (χ1) is 15.3. The second kappa shape index (κ2) is 10.4. The lowest BCUT2D eigenvalue weighted by atomic mass is 10.1. The number of carboxylic acids is 1. The molecule has 0 saturated heterocycles. The summed E-state index contributed by atoms with van der Waals surface area (Å²) in [6, 6.07) is 12.9. The van der Waals surface area contributed by atoms with Crippen molar-refractivity contribution in [2.45, 2.75) is 13.0 Å². The maximum Gasteiger partial charge on any atom is 0.337 e. The average Bonchev–Trinajstić information content (AvgIpc) is 2.74. The van der Waals surface area contributed by atoms with Crippen LogP contribution in [0.1, 0.15) is 27.6 Å². The van der Waals surface area contributed by atoms with Crippen LogP contribution in [0.15, 0.2) is 60.8 Å². The van der Waals surface area contributed by atoms with Crippen LogP contribution in [0.2, 0.25) is 0 Å². The number of aromatic carboxylic acids is 1. The summed E-state index contributed by atoms with van der Waals surface area (Å²) >= 11 is 0. The smallest absolute Gasteiger partial charge is 0.337 e. The molecule has 32 heavy (non-hydrogen) atoms. The van der Waals surface area contributed by atoms with Crippen LogP contribution in [0.25, 0.3) is 0 Å². The number of benzene rings is 2. The minimum atomic E-state index is -1.12. The van der Waals surface area contributed by atoms with E-state index in [1.54, 1.807) is 26.2 Å². The Labute approximate surface area is 183 Å². The van der Waals surface area contributed by atoms with Gasteiger partial charge in [0.1, 0.15) is 35.0 Å². The summed E-state index contributed by atoms with van der Waals surface area (Å²) in [5.41, 5.74) is 0.193. The van der Waals surface area contributed by atoms with E-state index in [-0.39, 0.29) is 34.5 Å². The molecule has 9 heteroatoms. The number of rotatable bonds is 9. The number of anilines is 1. The van der Waals surface area contributed by atoms with Gasteiger partial charge in [0.05, 0.1) is 12.2 Å². The highest BCUT2D eigenvalue weighted by Crippen LogP contribution is 2.29. The number of aromatic nitrogens is 1. The van der Waals surface area contributed by atoms with E-state index in [0.29, 0.717) is 12.4 Å². The summed E-state index contributed by atoms with van der Waals surface area (Å²) < 4.78 is 30.1. The van der Waals surface area contributed by atoms with Gasteiger partial charge in [-0.15, -0.1) is 0 Å². The van der Waals surface area contributed by atoms with Gasteiger partial charge in [-0.25, -0.2) is 14.2 Å². The molecule has 0 spiro atoms. The summed E-state index contributed by atoms with van der Waals surface area (Å²) in [7, 11) is 1.55. The van der Waals surface area contributed by atoms with Gasteiger partial charge in [0.15, 0.2) is 0 Å². The quantitative estimate of drug-likeness (QED) is 0.509. The topological polar surface area (TPSA) is 107 Å². The summed E-state index contributed by atoms with van der Waals surface area (Å²) in [5.74, 6) is -1.06. The second-order valence-corrected chi connectivity index (χ2v) is 6.83. The molecule has 3 aromatic rings. The molecule has 0 aliphatic carbocycles. The van der Waals surface area contributed by atoms with E-state index >= 15 is 0 Å². The Morgan fingerprint density at radius 1 is 1.06 bits per heavy atom. The first-order valence-electron chi connectivity index (χ1n) is 9.59. The molecule has 0 fully saturated rings. The van der Waals surface area contributed by atoms with Crippen molar-refractivity contribution in [2.24, 2.45) is 0 Å². The Morgan fingerprint density at radius 3 is 2.50 bits per heavy atom. The second-order valence-electron chi connectivity index (χ2n) is 6.83. The molecule has 0 bridgehead atoms. The molecule has 0 radical (unpaired) electrons. The molecule has 0 aliphatic rings. The maximum absolute atomic E-state index is 13.5. The van der Waals surface area contributed by atoms with E-state index in [2.05, 4.69) is 10.3 Å². The Bertz CT molecular complexity index is 1100. The molecule has 1 aromatic heterocycles. The number of methoxy groups -OCH3 is 1. The van der Waals surface area contributed by atoms with Crippen molar-refractivity contribution in [2.75, 3.05) is 19.0 Å². The zero-order valence-electron chi connectivity index (χ0n) is 17.4. The Balaban J connectivity index is 1.86. The number of amides is 1. The third kappa shape index (κ3) is 6.26. The van der Waals surface area contributed by atoms with Gasteiger partial charge < -0.3 is 24.6 Å². The van der Waals surface area contributed by atoms with Crippen molar-refractivity contribution >= 4 is 17.7 Å². The van der Waals surface area contributed by atoms with Gasteiger partial charge in [0, 0.05) is 31.0 Å². The van der Waals surface area contributed by atoms with Crippen molar-refractivity contribution in [1.29, 1.82) is 0 Å². The minimum Gasteiger partial charge on any atom is -0.488 e. The van der Waals surface area contributed by atoms with Gasteiger partial charge in [0.2, 0.25) is 0 Å². The van der Waals surface area contributed by atoms with Gasteiger partial charge in [-0.3, -0.25) is 4.79 Å². The number of nitrogens with zero attached hydrogens (tertiary/aromatic N) is 1. The summed E-state index contributed by atoms with van der Waals surface area (Å²) in [5, 5.41) is 11.5. The number of hydrogen-bond donors (Lipinski definition) is 2. The zero-order chi connectivity index (χ0) is 23.1. The molecular weight excluding hydrogens is 419 g/mol. The lowest BCUT2D eigenvalue weighted by Crippen LogP contribution is -2.19. The first-order valence-corrected chi connectivity index (χ1v) is 9.59. The normalized spacial score (nSPS) is 11.5. The number of pyridine rings is 1. The monoisotopic (exact) mass is 440 g/mol. The average molecular weight is 440 g/mol. The fourth-order valence-corrected chi connectivity index (χ4v) is 2.78.